The Kier molecular flexibility index (Phi) is 6.44. The molecule has 1 saturated heterocycles. The zero-order chi connectivity index (χ0) is 22.7. The molecule has 2 heterocycles. The first-order valence-corrected chi connectivity index (χ1v) is 11.2. The molecule has 0 spiro atoms. The van der Waals surface area contributed by atoms with Crippen molar-refractivity contribution in [1.82, 2.24) is 9.80 Å². The van der Waals surface area contributed by atoms with E-state index in [0.717, 1.165) is 61.2 Å². The Morgan fingerprint density at radius 2 is 1.91 bits per heavy atom. The van der Waals surface area contributed by atoms with Crippen molar-refractivity contribution in [1.29, 1.82) is 10.8 Å². The van der Waals surface area contributed by atoms with Crippen molar-refractivity contribution < 1.29 is 9.53 Å². The molecule has 0 aromatic heterocycles. The van der Waals surface area contributed by atoms with E-state index in [0.29, 0.717) is 24.5 Å². The first kappa shape index (κ1) is 21.9. The molecule has 0 aliphatic carbocycles. The van der Waals surface area contributed by atoms with Crippen LogP contribution in [0.1, 0.15) is 46.8 Å². The molecule has 0 atom stereocenters. The third-order valence-corrected chi connectivity index (χ3v) is 6.37. The molecule has 1 amide bonds. The van der Waals surface area contributed by atoms with Crippen LogP contribution in [-0.4, -0.2) is 59.7 Å². The van der Waals surface area contributed by atoms with Crippen LogP contribution in [0, 0.1) is 10.8 Å². The van der Waals surface area contributed by atoms with Gasteiger partial charge in [-0.15, -0.1) is 0 Å². The molecule has 0 radical (unpaired) electrons. The molecule has 168 valence electrons. The number of carbonyl (C=O) groups is 1. The molecule has 7 nitrogen and oxygen atoms in total. The maximum atomic E-state index is 13.0. The number of hydrogen-bond donors (Lipinski definition) is 3. The number of rotatable bonds is 6. The number of nitrogens with two attached hydrogens (primary N) is 1. The lowest BCUT2D eigenvalue weighted by molar-refractivity contribution is 0.0741. The molecule has 2 aliphatic rings. The number of nitrogen functional groups attached to an aromatic ring is 1. The van der Waals surface area contributed by atoms with E-state index in [9.17, 15) is 4.79 Å². The van der Waals surface area contributed by atoms with E-state index in [4.69, 9.17) is 21.3 Å². The van der Waals surface area contributed by atoms with Crippen LogP contribution < -0.4 is 10.5 Å². The number of hydrogen-bond acceptors (Lipinski definition) is 4. The van der Waals surface area contributed by atoms with Crippen molar-refractivity contribution in [3.05, 3.63) is 64.7 Å². The van der Waals surface area contributed by atoms with Gasteiger partial charge in [-0.25, -0.2) is 0 Å². The number of nitrogens with zero attached hydrogens (tertiary/aromatic N) is 2. The Morgan fingerprint density at radius 1 is 1.12 bits per heavy atom. The minimum Gasteiger partial charge on any atom is -0.490 e. The molecule has 0 unspecified atom stereocenters. The van der Waals surface area contributed by atoms with Gasteiger partial charge in [0.05, 0.1) is 5.84 Å². The third kappa shape index (κ3) is 4.93. The second-order valence-corrected chi connectivity index (χ2v) is 8.61. The van der Waals surface area contributed by atoms with Gasteiger partial charge < -0.3 is 20.3 Å². The summed E-state index contributed by atoms with van der Waals surface area (Å²) < 4.78 is 6.20. The van der Waals surface area contributed by atoms with Crippen molar-refractivity contribution in [3.8, 4) is 5.75 Å². The molecule has 0 bridgehead atoms. The summed E-state index contributed by atoms with van der Waals surface area (Å²) in [4.78, 5) is 17.0. The first-order valence-electron chi connectivity index (χ1n) is 11.2. The molecular weight excluding hydrogens is 402 g/mol. The van der Waals surface area contributed by atoms with Crippen molar-refractivity contribution >= 4 is 17.6 Å². The van der Waals surface area contributed by atoms with Crippen molar-refractivity contribution in [2.75, 3.05) is 26.2 Å². The highest BCUT2D eigenvalue weighted by atomic mass is 16.5. The number of amidine groups is 2. The average Bonchev–Trinajstić information content (AvgIpc) is 2.79. The van der Waals surface area contributed by atoms with Gasteiger partial charge in [0, 0.05) is 50.1 Å². The topological polar surface area (TPSA) is 106 Å². The van der Waals surface area contributed by atoms with E-state index >= 15 is 0 Å². The molecule has 7 heteroatoms. The Morgan fingerprint density at radius 3 is 2.62 bits per heavy atom. The average molecular weight is 434 g/mol. The van der Waals surface area contributed by atoms with Gasteiger partial charge in [0.1, 0.15) is 17.7 Å². The van der Waals surface area contributed by atoms with E-state index in [1.54, 1.807) is 0 Å². The van der Waals surface area contributed by atoms with Crippen LogP contribution in [0.3, 0.4) is 0 Å². The monoisotopic (exact) mass is 433 g/mol. The Bertz CT molecular complexity index is 1030. The molecule has 2 aromatic rings. The second kappa shape index (κ2) is 9.42. The summed E-state index contributed by atoms with van der Waals surface area (Å²) >= 11 is 0. The lowest BCUT2D eigenvalue weighted by Crippen LogP contribution is -2.40. The minimum absolute atomic E-state index is 0.0586. The van der Waals surface area contributed by atoms with E-state index in [2.05, 4.69) is 4.90 Å². The lowest BCUT2D eigenvalue weighted by atomic mass is 9.98. The number of amides is 1. The number of ether oxygens (including phenoxy) is 1. The number of nitrogens with one attached hydrogen (secondary N) is 2. The van der Waals surface area contributed by atoms with Crippen molar-refractivity contribution in [2.24, 2.45) is 5.73 Å². The van der Waals surface area contributed by atoms with Gasteiger partial charge in [0.15, 0.2) is 0 Å². The van der Waals surface area contributed by atoms with Gasteiger partial charge in [-0.05, 0) is 55.2 Å². The van der Waals surface area contributed by atoms with Crippen LogP contribution in [0.4, 0.5) is 0 Å². The van der Waals surface area contributed by atoms with Crippen LogP contribution in [-0.2, 0) is 12.8 Å². The molecular formula is C25H31N5O2. The lowest BCUT2D eigenvalue weighted by Gasteiger charge is -2.33. The van der Waals surface area contributed by atoms with Crippen LogP contribution in [0.5, 0.6) is 5.75 Å². The Balaban J connectivity index is 1.35. The zero-order valence-electron chi connectivity index (χ0n) is 18.6. The summed E-state index contributed by atoms with van der Waals surface area (Å²) in [6, 6.07) is 13.5. The Labute approximate surface area is 189 Å². The summed E-state index contributed by atoms with van der Waals surface area (Å²) in [6.45, 7) is 4.87. The zero-order valence-corrected chi connectivity index (χ0v) is 18.6. The van der Waals surface area contributed by atoms with E-state index in [-0.39, 0.29) is 17.8 Å². The quantitative estimate of drug-likeness (QED) is 0.481. The van der Waals surface area contributed by atoms with Crippen molar-refractivity contribution in [2.45, 2.75) is 38.7 Å². The number of fused-ring (bicyclic) bond motifs is 1. The van der Waals surface area contributed by atoms with E-state index < -0.39 is 0 Å². The number of benzene rings is 2. The van der Waals surface area contributed by atoms with Crippen molar-refractivity contribution in [3.63, 3.8) is 0 Å². The SMILES string of the molecule is CC(=N)N1CCC(Oc2ccc3c(c2)CCN(CCc2cccc(C(=N)N)c2)C3=O)CC1. The molecule has 0 saturated carbocycles. The second-order valence-electron chi connectivity index (χ2n) is 8.61. The summed E-state index contributed by atoms with van der Waals surface area (Å²) in [7, 11) is 0. The molecule has 1 fully saturated rings. The van der Waals surface area contributed by atoms with Gasteiger partial charge in [0.25, 0.3) is 5.91 Å². The van der Waals surface area contributed by atoms with Crippen LogP contribution in [0.25, 0.3) is 0 Å². The molecule has 2 aromatic carbocycles. The number of piperidine rings is 1. The molecule has 4 rings (SSSR count). The predicted molar refractivity (Wildman–Crippen MR) is 126 cm³/mol. The Hall–Kier alpha value is -3.35. The number of carbonyl (C=O) groups excluding carboxylic acids is 1. The summed E-state index contributed by atoms with van der Waals surface area (Å²) in [5.41, 5.74) is 9.18. The normalized spacial score (nSPS) is 16.6. The highest BCUT2D eigenvalue weighted by Crippen LogP contribution is 2.26. The van der Waals surface area contributed by atoms with Gasteiger partial charge in [-0.1, -0.05) is 18.2 Å². The highest BCUT2D eigenvalue weighted by molar-refractivity contribution is 5.97. The molecule has 32 heavy (non-hydrogen) atoms. The van der Waals surface area contributed by atoms with Crippen LogP contribution in [0.15, 0.2) is 42.5 Å². The van der Waals surface area contributed by atoms with E-state index in [1.807, 2.05) is 54.3 Å². The first-order chi connectivity index (χ1) is 15.4. The fourth-order valence-electron chi connectivity index (χ4n) is 4.46. The van der Waals surface area contributed by atoms with E-state index in [1.165, 1.54) is 0 Å². The standard InChI is InChI=1S/C25H31N5O2/c1-17(26)29-13-9-21(10-14-29)32-22-5-6-23-19(16-22)8-12-30(25(23)31)11-7-18-3-2-4-20(15-18)24(27)28/h2-6,15-16,21,26H,7-14H2,1H3,(H3,27,28). The predicted octanol–water partition coefficient (Wildman–Crippen LogP) is 3.05. The fraction of sp³-hybridized carbons (Fsp3) is 0.400. The summed E-state index contributed by atoms with van der Waals surface area (Å²) in [5.74, 6) is 1.57. The fourth-order valence-corrected chi connectivity index (χ4v) is 4.46. The van der Waals surface area contributed by atoms with Gasteiger partial charge in [0.2, 0.25) is 0 Å². The van der Waals surface area contributed by atoms with Gasteiger partial charge in [-0.2, -0.15) is 0 Å². The maximum absolute atomic E-state index is 13.0. The maximum Gasteiger partial charge on any atom is 0.254 e. The molecule has 4 N–H and O–H groups in total. The molecule has 2 aliphatic heterocycles. The largest absolute Gasteiger partial charge is 0.490 e. The summed E-state index contributed by atoms with van der Waals surface area (Å²) in [5, 5.41) is 15.3. The number of likely N-dealkylation sites (tertiary alicyclic amines) is 1. The smallest absolute Gasteiger partial charge is 0.254 e. The highest BCUT2D eigenvalue weighted by Gasteiger charge is 2.26. The van der Waals surface area contributed by atoms with Gasteiger partial charge >= 0.3 is 0 Å². The van der Waals surface area contributed by atoms with Crippen LogP contribution in [0.2, 0.25) is 0 Å². The summed E-state index contributed by atoms with van der Waals surface area (Å²) in [6.07, 6.45) is 3.52. The minimum atomic E-state index is 0.0586. The van der Waals surface area contributed by atoms with Crippen LogP contribution >= 0.6 is 0 Å². The third-order valence-electron chi connectivity index (χ3n) is 6.37. The van der Waals surface area contributed by atoms with Gasteiger partial charge in [-0.3, -0.25) is 15.6 Å².